The van der Waals surface area contributed by atoms with Crippen molar-refractivity contribution < 1.29 is 0 Å². The minimum atomic E-state index is -0.0417. The van der Waals surface area contributed by atoms with Crippen LogP contribution in [0.3, 0.4) is 0 Å². The van der Waals surface area contributed by atoms with E-state index >= 15 is 0 Å². The Morgan fingerprint density at radius 3 is 2.05 bits per heavy atom. The minimum absolute atomic E-state index is 0.0417. The maximum atomic E-state index is 9.73. The van der Waals surface area contributed by atoms with Crippen LogP contribution < -0.4 is 0 Å². The Morgan fingerprint density at radius 1 is 0.614 bits per heavy atom. The van der Waals surface area contributed by atoms with Gasteiger partial charge in [0.25, 0.3) is 0 Å². The van der Waals surface area contributed by atoms with Gasteiger partial charge in [-0.25, -0.2) is 15.0 Å². The second-order valence-electron chi connectivity index (χ2n) is 12.1. The number of allylic oxidation sites excluding steroid dienone is 4. The van der Waals surface area contributed by atoms with E-state index in [1.807, 2.05) is 36.4 Å². The van der Waals surface area contributed by atoms with Gasteiger partial charge in [0.1, 0.15) is 0 Å². The summed E-state index contributed by atoms with van der Waals surface area (Å²) >= 11 is 0. The van der Waals surface area contributed by atoms with Gasteiger partial charge in [-0.15, -0.1) is 0 Å². The van der Waals surface area contributed by atoms with E-state index in [1.54, 1.807) is 0 Å². The number of hydrogen-bond acceptors (Lipinski definition) is 4. The van der Waals surface area contributed by atoms with Crippen molar-refractivity contribution >= 4 is 5.57 Å². The van der Waals surface area contributed by atoms with Crippen molar-refractivity contribution in [1.82, 2.24) is 15.0 Å². The maximum absolute atomic E-state index is 9.73. The summed E-state index contributed by atoms with van der Waals surface area (Å²) < 4.78 is 0. The van der Waals surface area contributed by atoms with Gasteiger partial charge in [0.2, 0.25) is 0 Å². The van der Waals surface area contributed by atoms with E-state index in [9.17, 15) is 5.26 Å². The lowest BCUT2D eigenvalue weighted by atomic mass is 9.66. The van der Waals surface area contributed by atoms with Crippen LogP contribution in [0.1, 0.15) is 67.5 Å². The van der Waals surface area contributed by atoms with E-state index in [-0.39, 0.29) is 5.41 Å². The third kappa shape index (κ3) is 4.39. The number of nitriles is 1. The Morgan fingerprint density at radius 2 is 1.32 bits per heavy atom. The third-order valence-electron chi connectivity index (χ3n) is 9.58. The predicted molar refractivity (Wildman–Crippen MR) is 177 cm³/mol. The molecule has 3 aliphatic rings. The lowest BCUT2D eigenvalue weighted by Crippen LogP contribution is -2.28. The number of aromatic nitrogens is 3. The van der Waals surface area contributed by atoms with E-state index in [4.69, 9.17) is 15.0 Å². The Bertz CT molecular complexity index is 1990. The SMILES string of the molecule is N#Cc1ccc2c(c1)C1(CCCCC1)c1c(-c3ccc(-c4nc(C5=CCCC=C5)nc(-c5ccccc5)n4)cc3)cccc1-2. The predicted octanol–water partition coefficient (Wildman–Crippen LogP) is 9.71. The number of rotatable bonds is 4. The summed E-state index contributed by atoms with van der Waals surface area (Å²) in [7, 11) is 0. The smallest absolute Gasteiger partial charge is 0.164 e. The standard InChI is InChI=1S/C40H32N4/c41-26-27-17-22-33-34-16-10-15-32(36(34)40(35(33)25-27)23-8-3-9-24-40)28-18-20-31(21-19-28)39-43-37(29-11-4-1-5-12-29)42-38(44-39)30-13-6-2-7-14-30/h1,4-6,10-22,25H,2-3,7-9,23-24H2. The molecule has 1 heterocycles. The average Bonchev–Trinajstić information content (AvgIpc) is 3.37. The molecule has 1 aromatic heterocycles. The molecule has 0 N–H and O–H groups in total. The maximum Gasteiger partial charge on any atom is 0.164 e. The highest BCUT2D eigenvalue weighted by atomic mass is 15.0. The molecule has 0 bridgehead atoms. The Labute approximate surface area is 258 Å². The fourth-order valence-corrected chi connectivity index (χ4v) is 7.52. The van der Waals surface area contributed by atoms with E-state index in [1.165, 1.54) is 52.6 Å². The minimum Gasteiger partial charge on any atom is -0.208 e. The monoisotopic (exact) mass is 568 g/mol. The zero-order valence-corrected chi connectivity index (χ0v) is 24.6. The first kappa shape index (κ1) is 26.5. The summed E-state index contributed by atoms with van der Waals surface area (Å²) in [6.45, 7) is 0. The molecule has 4 aromatic carbocycles. The van der Waals surface area contributed by atoms with Crippen molar-refractivity contribution in [2.24, 2.45) is 0 Å². The first-order chi connectivity index (χ1) is 21.7. The van der Waals surface area contributed by atoms with E-state index in [0.29, 0.717) is 17.5 Å². The molecule has 5 aromatic rings. The van der Waals surface area contributed by atoms with Crippen LogP contribution in [0.15, 0.2) is 109 Å². The highest BCUT2D eigenvalue weighted by Crippen LogP contribution is 2.58. The van der Waals surface area contributed by atoms with E-state index in [2.05, 4.69) is 78.9 Å². The second-order valence-corrected chi connectivity index (χ2v) is 12.1. The van der Waals surface area contributed by atoms with Crippen LogP contribution >= 0.6 is 0 Å². The molecular formula is C40H32N4. The largest absolute Gasteiger partial charge is 0.208 e. The molecule has 4 nitrogen and oxygen atoms in total. The van der Waals surface area contributed by atoms with Crippen molar-refractivity contribution in [3.63, 3.8) is 0 Å². The molecular weight excluding hydrogens is 536 g/mol. The van der Waals surface area contributed by atoms with Crippen LogP contribution in [-0.2, 0) is 5.41 Å². The van der Waals surface area contributed by atoms with Crippen molar-refractivity contribution in [2.45, 2.75) is 50.4 Å². The summed E-state index contributed by atoms with van der Waals surface area (Å²) in [5, 5.41) is 9.73. The lowest BCUT2D eigenvalue weighted by Gasteiger charge is -2.37. The summed E-state index contributed by atoms with van der Waals surface area (Å²) in [4.78, 5) is 14.8. The normalized spacial score (nSPS) is 16.2. The van der Waals surface area contributed by atoms with Crippen LogP contribution in [0.25, 0.3) is 50.6 Å². The van der Waals surface area contributed by atoms with Crippen LogP contribution in [0.4, 0.5) is 0 Å². The van der Waals surface area contributed by atoms with Gasteiger partial charge in [0.05, 0.1) is 11.6 Å². The van der Waals surface area contributed by atoms with Gasteiger partial charge in [0, 0.05) is 22.1 Å². The molecule has 0 atom stereocenters. The molecule has 1 saturated carbocycles. The van der Waals surface area contributed by atoms with Gasteiger partial charge in [-0.2, -0.15) is 5.26 Å². The van der Waals surface area contributed by atoms with Crippen molar-refractivity contribution in [3.05, 3.63) is 132 Å². The molecule has 4 heteroatoms. The molecule has 0 saturated heterocycles. The quantitative estimate of drug-likeness (QED) is 0.216. The van der Waals surface area contributed by atoms with Crippen molar-refractivity contribution in [3.8, 4) is 51.1 Å². The van der Waals surface area contributed by atoms with E-state index in [0.717, 1.165) is 47.9 Å². The summed E-state index contributed by atoms with van der Waals surface area (Å²) in [5.74, 6) is 2.08. The third-order valence-corrected chi connectivity index (χ3v) is 9.58. The highest BCUT2D eigenvalue weighted by molar-refractivity contribution is 5.89. The Balaban J connectivity index is 1.23. The van der Waals surface area contributed by atoms with E-state index < -0.39 is 0 Å². The fraction of sp³-hybridized carbons (Fsp3) is 0.200. The molecule has 8 rings (SSSR count). The molecule has 0 unspecified atom stereocenters. The van der Waals surface area contributed by atoms with Crippen LogP contribution in [0, 0.1) is 11.3 Å². The van der Waals surface area contributed by atoms with Gasteiger partial charge in [-0.3, -0.25) is 0 Å². The van der Waals surface area contributed by atoms with Crippen molar-refractivity contribution in [2.75, 3.05) is 0 Å². The Kier molecular flexibility index (Phi) is 6.53. The van der Waals surface area contributed by atoms with Gasteiger partial charge in [-0.05, 0) is 71.2 Å². The van der Waals surface area contributed by atoms with Gasteiger partial charge in [-0.1, -0.05) is 116 Å². The molecule has 1 spiro atoms. The Hall–Kier alpha value is -5.14. The summed E-state index contributed by atoms with van der Waals surface area (Å²) in [6, 6.07) is 34.3. The van der Waals surface area contributed by atoms with Crippen LogP contribution in [-0.4, -0.2) is 15.0 Å². The number of hydrogen-bond donors (Lipinski definition) is 0. The fourth-order valence-electron chi connectivity index (χ4n) is 7.52. The molecule has 0 radical (unpaired) electrons. The molecule has 0 aliphatic heterocycles. The highest BCUT2D eigenvalue weighted by Gasteiger charge is 2.45. The van der Waals surface area contributed by atoms with Crippen LogP contribution in [0.2, 0.25) is 0 Å². The topological polar surface area (TPSA) is 62.5 Å². The van der Waals surface area contributed by atoms with Gasteiger partial charge in [0.15, 0.2) is 17.5 Å². The molecule has 3 aliphatic carbocycles. The zero-order chi connectivity index (χ0) is 29.5. The first-order valence-electron chi connectivity index (χ1n) is 15.7. The summed E-state index contributed by atoms with van der Waals surface area (Å²) in [5.41, 5.74) is 11.6. The summed E-state index contributed by atoms with van der Waals surface area (Å²) in [6.07, 6.45) is 14.5. The van der Waals surface area contributed by atoms with Crippen molar-refractivity contribution in [1.29, 1.82) is 5.26 Å². The van der Waals surface area contributed by atoms with Gasteiger partial charge < -0.3 is 0 Å². The second kappa shape index (κ2) is 10.8. The number of nitrogens with zero attached hydrogens (tertiary/aromatic N) is 4. The number of fused-ring (bicyclic) bond motifs is 5. The average molecular weight is 569 g/mol. The van der Waals surface area contributed by atoms with Crippen LogP contribution in [0.5, 0.6) is 0 Å². The molecule has 1 fully saturated rings. The molecule has 44 heavy (non-hydrogen) atoms. The lowest BCUT2D eigenvalue weighted by molar-refractivity contribution is 0.353. The molecule has 212 valence electrons. The first-order valence-corrected chi connectivity index (χ1v) is 15.7. The number of benzene rings is 4. The molecule has 0 amide bonds. The zero-order valence-electron chi connectivity index (χ0n) is 24.6. The van der Waals surface area contributed by atoms with Gasteiger partial charge >= 0.3 is 0 Å².